The quantitative estimate of drug-likeness (QED) is 0.744. The Morgan fingerprint density at radius 2 is 2.27 bits per heavy atom. The number of carbonyl (C=O) groups excluding carboxylic acids is 2. The predicted molar refractivity (Wildman–Crippen MR) is 55.3 cm³/mol. The third kappa shape index (κ3) is 3.41. The van der Waals surface area contributed by atoms with Crippen LogP contribution in [-0.2, 0) is 9.59 Å². The number of anilines is 1. The van der Waals surface area contributed by atoms with Gasteiger partial charge in [-0.15, -0.1) is 0 Å². The number of aromatic nitrogens is 2. The number of amides is 2. The number of H-pyrrole nitrogens is 1. The van der Waals surface area contributed by atoms with Gasteiger partial charge in [-0.25, -0.2) is 0 Å². The van der Waals surface area contributed by atoms with Gasteiger partial charge in [-0.2, -0.15) is 5.10 Å². The Hall–Kier alpha value is -1.85. The molecule has 6 heteroatoms. The fraction of sp³-hybridized carbons (Fsp3) is 0.444. The zero-order valence-electron chi connectivity index (χ0n) is 9.00. The summed E-state index contributed by atoms with van der Waals surface area (Å²) in [4.78, 5) is 23.6. The highest BCUT2D eigenvalue weighted by Gasteiger charge is 2.09. The molecule has 0 aliphatic carbocycles. The number of likely N-dealkylation sites (N-methyl/N-ethyl adjacent to an activating group) is 1. The molecule has 1 heterocycles. The number of hydrogen-bond acceptors (Lipinski definition) is 3. The van der Waals surface area contributed by atoms with Crippen molar-refractivity contribution >= 4 is 17.6 Å². The fourth-order valence-electron chi connectivity index (χ4n) is 0.991. The zero-order chi connectivity index (χ0) is 11.4. The Bertz CT molecular complexity index is 372. The van der Waals surface area contributed by atoms with Gasteiger partial charge in [0, 0.05) is 25.7 Å². The topological polar surface area (TPSA) is 78.1 Å². The van der Waals surface area contributed by atoms with Gasteiger partial charge in [-0.3, -0.25) is 14.7 Å². The third-order valence-corrected chi connectivity index (χ3v) is 1.89. The summed E-state index contributed by atoms with van der Waals surface area (Å²) in [5, 5.41) is 9.13. The van der Waals surface area contributed by atoms with Crippen molar-refractivity contribution in [1.29, 1.82) is 0 Å². The average Bonchev–Trinajstić information content (AvgIpc) is 2.50. The molecule has 1 rings (SSSR count). The number of aryl methyl sites for hydroxylation is 1. The molecule has 6 nitrogen and oxygen atoms in total. The van der Waals surface area contributed by atoms with Gasteiger partial charge in [0.1, 0.15) is 0 Å². The van der Waals surface area contributed by atoms with Crippen LogP contribution in [0.4, 0.5) is 5.82 Å². The highest BCUT2D eigenvalue weighted by Crippen LogP contribution is 2.03. The summed E-state index contributed by atoms with van der Waals surface area (Å²) in [7, 11) is 1.57. The summed E-state index contributed by atoms with van der Waals surface area (Å²) >= 11 is 0. The summed E-state index contributed by atoms with van der Waals surface area (Å²) in [6.07, 6.45) is 0. The van der Waals surface area contributed by atoms with Crippen LogP contribution in [0.5, 0.6) is 0 Å². The van der Waals surface area contributed by atoms with Crippen molar-refractivity contribution in [3.05, 3.63) is 11.8 Å². The van der Waals surface area contributed by atoms with Crippen LogP contribution in [-0.4, -0.2) is 40.5 Å². The van der Waals surface area contributed by atoms with Gasteiger partial charge < -0.3 is 10.2 Å². The largest absolute Gasteiger partial charge is 0.337 e. The van der Waals surface area contributed by atoms with E-state index in [1.54, 1.807) is 13.1 Å². The van der Waals surface area contributed by atoms with E-state index in [1.807, 2.05) is 6.92 Å². The van der Waals surface area contributed by atoms with Crippen molar-refractivity contribution in [1.82, 2.24) is 15.1 Å². The van der Waals surface area contributed by atoms with E-state index in [0.717, 1.165) is 5.69 Å². The molecule has 1 aromatic heterocycles. The summed E-state index contributed by atoms with van der Waals surface area (Å²) in [6.45, 7) is 3.28. The lowest BCUT2D eigenvalue weighted by Gasteiger charge is -2.13. The molecule has 15 heavy (non-hydrogen) atoms. The smallest absolute Gasteiger partial charge is 0.245 e. The number of aromatic amines is 1. The number of carbonyl (C=O) groups is 2. The van der Waals surface area contributed by atoms with Crippen molar-refractivity contribution in [3.8, 4) is 0 Å². The first kappa shape index (κ1) is 11.2. The number of hydrogen-bond donors (Lipinski definition) is 2. The summed E-state index contributed by atoms with van der Waals surface area (Å²) in [6, 6.07) is 1.71. The average molecular weight is 210 g/mol. The molecule has 2 amide bonds. The van der Waals surface area contributed by atoms with E-state index in [9.17, 15) is 9.59 Å². The third-order valence-electron chi connectivity index (χ3n) is 1.89. The first-order valence-corrected chi connectivity index (χ1v) is 4.52. The van der Waals surface area contributed by atoms with Crippen LogP contribution in [0.2, 0.25) is 0 Å². The Kier molecular flexibility index (Phi) is 3.43. The van der Waals surface area contributed by atoms with Gasteiger partial charge in [0.05, 0.1) is 6.54 Å². The van der Waals surface area contributed by atoms with E-state index in [1.165, 1.54) is 11.8 Å². The Morgan fingerprint density at radius 3 is 2.73 bits per heavy atom. The summed E-state index contributed by atoms with van der Waals surface area (Å²) in [5.41, 5.74) is 0.866. The number of rotatable bonds is 3. The fourth-order valence-corrected chi connectivity index (χ4v) is 0.991. The molecule has 0 aliphatic rings. The van der Waals surface area contributed by atoms with Crippen molar-refractivity contribution < 1.29 is 9.59 Å². The second-order valence-corrected chi connectivity index (χ2v) is 3.36. The lowest BCUT2D eigenvalue weighted by Crippen LogP contribution is -2.33. The maximum Gasteiger partial charge on any atom is 0.245 e. The van der Waals surface area contributed by atoms with Crippen LogP contribution in [0, 0.1) is 6.92 Å². The highest BCUT2D eigenvalue weighted by atomic mass is 16.2. The van der Waals surface area contributed by atoms with Crippen molar-refractivity contribution in [2.45, 2.75) is 13.8 Å². The maximum absolute atomic E-state index is 11.4. The van der Waals surface area contributed by atoms with Crippen LogP contribution >= 0.6 is 0 Å². The molecule has 0 atom stereocenters. The summed E-state index contributed by atoms with van der Waals surface area (Å²) in [5.74, 6) is 0.0528. The first-order chi connectivity index (χ1) is 6.99. The molecule has 0 bridgehead atoms. The van der Waals surface area contributed by atoms with Gasteiger partial charge >= 0.3 is 0 Å². The molecule has 0 spiro atoms. The number of nitrogens with zero attached hydrogens (tertiary/aromatic N) is 2. The van der Waals surface area contributed by atoms with E-state index in [2.05, 4.69) is 15.5 Å². The van der Waals surface area contributed by atoms with Crippen molar-refractivity contribution in [3.63, 3.8) is 0 Å². The van der Waals surface area contributed by atoms with Gasteiger partial charge in [-0.1, -0.05) is 0 Å². The van der Waals surface area contributed by atoms with Crippen LogP contribution in [0.1, 0.15) is 12.6 Å². The zero-order valence-corrected chi connectivity index (χ0v) is 9.00. The van der Waals surface area contributed by atoms with Gasteiger partial charge in [0.25, 0.3) is 0 Å². The molecule has 0 saturated heterocycles. The second-order valence-electron chi connectivity index (χ2n) is 3.36. The molecule has 0 radical (unpaired) electrons. The van der Waals surface area contributed by atoms with Gasteiger partial charge in [-0.05, 0) is 6.92 Å². The first-order valence-electron chi connectivity index (χ1n) is 4.52. The number of nitrogens with one attached hydrogen (secondary N) is 2. The maximum atomic E-state index is 11.4. The van der Waals surface area contributed by atoms with Crippen LogP contribution in [0.25, 0.3) is 0 Å². The second kappa shape index (κ2) is 4.59. The molecule has 0 aliphatic heterocycles. The lowest BCUT2D eigenvalue weighted by molar-refractivity contribution is -0.131. The van der Waals surface area contributed by atoms with Crippen molar-refractivity contribution in [2.24, 2.45) is 0 Å². The minimum atomic E-state index is -0.265. The predicted octanol–water partition coefficient (Wildman–Crippen LogP) is 0.135. The summed E-state index contributed by atoms with van der Waals surface area (Å²) < 4.78 is 0. The van der Waals surface area contributed by atoms with E-state index < -0.39 is 0 Å². The SMILES string of the molecule is CC(=O)N(C)CC(=O)Nc1cc(C)[nH]n1. The molecule has 1 aromatic rings. The Balaban J connectivity index is 2.46. The van der Waals surface area contributed by atoms with Crippen LogP contribution in [0.15, 0.2) is 6.07 Å². The van der Waals surface area contributed by atoms with Crippen LogP contribution in [0.3, 0.4) is 0 Å². The Labute approximate surface area is 87.7 Å². The molecular weight excluding hydrogens is 196 g/mol. The standard InChI is InChI=1S/C9H14N4O2/c1-6-4-8(12-11-6)10-9(15)5-13(3)7(2)14/h4H,5H2,1-3H3,(H2,10,11,12,15). The van der Waals surface area contributed by atoms with Crippen LogP contribution < -0.4 is 5.32 Å². The minimum Gasteiger partial charge on any atom is -0.337 e. The van der Waals surface area contributed by atoms with Gasteiger partial charge in [0.15, 0.2) is 5.82 Å². The monoisotopic (exact) mass is 210 g/mol. The van der Waals surface area contributed by atoms with E-state index >= 15 is 0 Å². The lowest BCUT2D eigenvalue weighted by atomic mass is 10.4. The molecule has 0 saturated carbocycles. The molecule has 2 N–H and O–H groups in total. The van der Waals surface area contributed by atoms with Gasteiger partial charge in [0.2, 0.25) is 11.8 Å². The molecule has 0 fully saturated rings. The molecular formula is C9H14N4O2. The highest BCUT2D eigenvalue weighted by molar-refractivity contribution is 5.93. The van der Waals surface area contributed by atoms with E-state index in [-0.39, 0.29) is 18.4 Å². The van der Waals surface area contributed by atoms with Crippen molar-refractivity contribution in [2.75, 3.05) is 18.9 Å². The minimum absolute atomic E-state index is 0.0290. The van der Waals surface area contributed by atoms with E-state index in [4.69, 9.17) is 0 Å². The molecule has 82 valence electrons. The van der Waals surface area contributed by atoms with E-state index in [0.29, 0.717) is 5.82 Å². The molecule has 0 aromatic carbocycles. The normalized spacial score (nSPS) is 9.80. The Morgan fingerprint density at radius 1 is 1.60 bits per heavy atom. The molecule has 0 unspecified atom stereocenters.